The number of aromatic nitrogens is 1. The molecule has 2 rings (SSSR count). The molecule has 2 N–H and O–H groups in total. The van der Waals surface area contributed by atoms with Crippen LogP contribution in [0.1, 0.15) is 45.4 Å². The van der Waals surface area contributed by atoms with Gasteiger partial charge in [-0.15, -0.1) is 0 Å². The lowest BCUT2D eigenvalue weighted by molar-refractivity contribution is 0.566. The second-order valence-corrected chi connectivity index (χ2v) is 6.43. The van der Waals surface area contributed by atoms with Gasteiger partial charge in [0, 0.05) is 30.7 Å². The van der Waals surface area contributed by atoms with E-state index in [1.807, 2.05) is 0 Å². The fraction of sp³-hybridized carbons (Fsp3) is 0.562. The normalized spacial score (nSPS) is 16.5. The van der Waals surface area contributed by atoms with Crippen molar-refractivity contribution in [2.24, 2.45) is 5.73 Å². The molecule has 0 amide bonds. The lowest BCUT2D eigenvalue weighted by Crippen LogP contribution is -2.31. The van der Waals surface area contributed by atoms with Gasteiger partial charge in [0.25, 0.3) is 0 Å². The molecular weight excluding hydrogens is 234 g/mol. The van der Waals surface area contributed by atoms with Crippen LogP contribution in [0.15, 0.2) is 23.8 Å². The summed E-state index contributed by atoms with van der Waals surface area (Å²) in [6.45, 7) is 11.4. The van der Waals surface area contributed by atoms with E-state index < -0.39 is 0 Å². The minimum Gasteiger partial charge on any atom is -0.352 e. The smallest absolute Gasteiger partial charge is 0.129 e. The summed E-state index contributed by atoms with van der Waals surface area (Å²) in [6.07, 6.45) is 3.42. The Bertz CT molecular complexity index is 483. The van der Waals surface area contributed by atoms with Gasteiger partial charge in [-0.2, -0.15) is 0 Å². The Kier molecular flexibility index (Phi) is 3.95. The van der Waals surface area contributed by atoms with Crippen molar-refractivity contribution in [2.75, 3.05) is 18.0 Å². The first kappa shape index (κ1) is 14.1. The van der Waals surface area contributed by atoms with E-state index in [4.69, 9.17) is 10.7 Å². The molecule has 1 aliphatic heterocycles. The molecule has 3 heteroatoms. The molecule has 0 aromatic carbocycles. The Hall–Kier alpha value is -1.35. The van der Waals surface area contributed by atoms with Crippen LogP contribution in [0, 0.1) is 0 Å². The molecule has 0 aliphatic carbocycles. The lowest BCUT2D eigenvalue weighted by atomic mass is 9.90. The molecular formula is C16H25N3. The number of anilines is 1. The molecule has 0 fully saturated rings. The van der Waals surface area contributed by atoms with E-state index in [0.29, 0.717) is 6.54 Å². The Labute approximate surface area is 116 Å². The summed E-state index contributed by atoms with van der Waals surface area (Å²) < 4.78 is 0. The SMILES string of the molecule is CC1=CCCN(c2cc(CN)cc(C(C)(C)C)n2)C1. The Morgan fingerprint density at radius 3 is 2.63 bits per heavy atom. The molecule has 0 atom stereocenters. The van der Waals surface area contributed by atoms with Crippen LogP contribution in [-0.4, -0.2) is 18.1 Å². The van der Waals surface area contributed by atoms with E-state index in [1.54, 1.807) is 0 Å². The average Bonchev–Trinajstić information content (AvgIpc) is 2.37. The zero-order valence-corrected chi connectivity index (χ0v) is 12.5. The maximum Gasteiger partial charge on any atom is 0.129 e. The van der Waals surface area contributed by atoms with Gasteiger partial charge in [-0.1, -0.05) is 32.4 Å². The summed E-state index contributed by atoms with van der Waals surface area (Å²) in [5, 5.41) is 0. The van der Waals surface area contributed by atoms with Crippen molar-refractivity contribution in [1.82, 2.24) is 4.98 Å². The van der Waals surface area contributed by atoms with Gasteiger partial charge in [0.2, 0.25) is 0 Å². The third-order valence-electron chi connectivity index (χ3n) is 3.53. The molecule has 0 radical (unpaired) electrons. The Morgan fingerprint density at radius 2 is 2.05 bits per heavy atom. The first-order chi connectivity index (χ1) is 8.90. The molecule has 1 aromatic heterocycles. The number of nitrogens with zero attached hydrogens (tertiary/aromatic N) is 2. The van der Waals surface area contributed by atoms with E-state index in [0.717, 1.165) is 31.0 Å². The van der Waals surface area contributed by atoms with Gasteiger partial charge >= 0.3 is 0 Å². The molecule has 0 spiro atoms. The summed E-state index contributed by atoms with van der Waals surface area (Å²) in [5.74, 6) is 1.07. The number of rotatable bonds is 2. The maximum absolute atomic E-state index is 5.83. The van der Waals surface area contributed by atoms with E-state index in [2.05, 4.69) is 50.8 Å². The minimum absolute atomic E-state index is 0.0562. The van der Waals surface area contributed by atoms with Crippen LogP contribution in [0.3, 0.4) is 0 Å². The van der Waals surface area contributed by atoms with Crippen LogP contribution in [0.5, 0.6) is 0 Å². The highest BCUT2D eigenvalue weighted by Crippen LogP contribution is 2.26. The molecule has 1 aliphatic rings. The van der Waals surface area contributed by atoms with Gasteiger partial charge in [-0.3, -0.25) is 0 Å². The van der Waals surface area contributed by atoms with Crippen molar-refractivity contribution in [2.45, 2.75) is 46.1 Å². The van der Waals surface area contributed by atoms with Gasteiger partial charge in [0.1, 0.15) is 5.82 Å². The van der Waals surface area contributed by atoms with Gasteiger partial charge in [-0.25, -0.2) is 4.98 Å². The number of pyridine rings is 1. The van der Waals surface area contributed by atoms with Crippen molar-refractivity contribution in [1.29, 1.82) is 0 Å². The monoisotopic (exact) mass is 259 g/mol. The minimum atomic E-state index is 0.0562. The third-order valence-corrected chi connectivity index (χ3v) is 3.53. The van der Waals surface area contributed by atoms with Crippen molar-refractivity contribution in [3.63, 3.8) is 0 Å². The largest absolute Gasteiger partial charge is 0.352 e. The van der Waals surface area contributed by atoms with Crippen LogP contribution >= 0.6 is 0 Å². The molecule has 3 nitrogen and oxygen atoms in total. The van der Waals surface area contributed by atoms with Crippen LogP contribution in [0.4, 0.5) is 5.82 Å². The second-order valence-electron chi connectivity index (χ2n) is 6.43. The summed E-state index contributed by atoms with van der Waals surface area (Å²) in [6, 6.07) is 4.27. The van der Waals surface area contributed by atoms with Crippen molar-refractivity contribution in [3.05, 3.63) is 35.0 Å². The molecule has 19 heavy (non-hydrogen) atoms. The molecule has 104 valence electrons. The van der Waals surface area contributed by atoms with E-state index >= 15 is 0 Å². The molecule has 1 aromatic rings. The summed E-state index contributed by atoms with van der Waals surface area (Å²) in [7, 11) is 0. The first-order valence-corrected chi connectivity index (χ1v) is 7.02. The van der Waals surface area contributed by atoms with Gasteiger partial charge in [-0.05, 0) is 31.0 Å². The highest BCUT2D eigenvalue weighted by molar-refractivity contribution is 5.46. The van der Waals surface area contributed by atoms with E-state index in [1.165, 1.54) is 11.1 Å². The highest BCUT2D eigenvalue weighted by atomic mass is 15.2. The molecule has 0 bridgehead atoms. The predicted molar refractivity (Wildman–Crippen MR) is 81.4 cm³/mol. The molecule has 0 unspecified atom stereocenters. The van der Waals surface area contributed by atoms with Gasteiger partial charge in [0.15, 0.2) is 0 Å². The summed E-state index contributed by atoms with van der Waals surface area (Å²) >= 11 is 0. The quantitative estimate of drug-likeness (QED) is 0.830. The Balaban J connectivity index is 2.37. The fourth-order valence-corrected chi connectivity index (χ4v) is 2.34. The zero-order valence-electron chi connectivity index (χ0n) is 12.5. The average molecular weight is 259 g/mol. The standard InChI is InChI=1S/C16H25N3/c1-12-6-5-7-19(11-12)15-9-13(10-17)8-14(18-15)16(2,3)4/h6,8-9H,5,7,10-11,17H2,1-4H3. The summed E-state index contributed by atoms with van der Waals surface area (Å²) in [5.41, 5.74) is 9.60. The predicted octanol–water partition coefficient (Wildman–Crippen LogP) is 2.99. The topological polar surface area (TPSA) is 42.1 Å². The number of hydrogen-bond donors (Lipinski definition) is 1. The van der Waals surface area contributed by atoms with Crippen LogP contribution in [0.2, 0.25) is 0 Å². The van der Waals surface area contributed by atoms with Crippen LogP contribution < -0.4 is 10.6 Å². The van der Waals surface area contributed by atoms with E-state index in [-0.39, 0.29) is 5.41 Å². The lowest BCUT2D eigenvalue weighted by Gasteiger charge is -2.29. The zero-order chi connectivity index (χ0) is 14.0. The van der Waals surface area contributed by atoms with Gasteiger partial charge < -0.3 is 10.6 Å². The number of hydrogen-bond acceptors (Lipinski definition) is 3. The number of nitrogens with two attached hydrogens (primary N) is 1. The molecule has 0 saturated carbocycles. The maximum atomic E-state index is 5.83. The fourth-order valence-electron chi connectivity index (χ4n) is 2.34. The summed E-state index contributed by atoms with van der Waals surface area (Å²) in [4.78, 5) is 7.20. The second kappa shape index (κ2) is 5.33. The van der Waals surface area contributed by atoms with Crippen molar-refractivity contribution in [3.8, 4) is 0 Å². The molecule has 2 heterocycles. The van der Waals surface area contributed by atoms with E-state index in [9.17, 15) is 0 Å². The van der Waals surface area contributed by atoms with Crippen LogP contribution in [0.25, 0.3) is 0 Å². The third kappa shape index (κ3) is 3.35. The Morgan fingerprint density at radius 1 is 1.32 bits per heavy atom. The van der Waals surface area contributed by atoms with Crippen LogP contribution in [-0.2, 0) is 12.0 Å². The van der Waals surface area contributed by atoms with Crippen molar-refractivity contribution < 1.29 is 0 Å². The molecule has 0 saturated heterocycles. The first-order valence-electron chi connectivity index (χ1n) is 7.02. The van der Waals surface area contributed by atoms with Gasteiger partial charge in [0.05, 0.1) is 0 Å². The highest BCUT2D eigenvalue weighted by Gasteiger charge is 2.19. The van der Waals surface area contributed by atoms with Crippen molar-refractivity contribution >= 4 is 5.82 Å².